The summed E-state index contributed by atoms with van der Waals surface area (Å²) in [6, 6.07) is 5.73. The van der Waals surface area contributed by atoms with Gasteiger partial charge in [-0.25, -0.2) is 9.97 Å². The summed E-state index contributed by atoms with van der Waals surface area (Å²) in [6.45, 7) is 1.63. The summed E-state index contributed by atoms with van der Waals surface area (Å²) in [4.78, 5) is 30.2. The van der Waals surface area contributed by atoms with Crippen LogP contribution < -0.4 is 15.4 Å². The molecular weight excluding hydrogens is 457 g/mol. The lowest BCUT2D eigenvalue weighted by molar-refractivity contribution is -0.385. The maximum atomic E-state index is 11.6. The van der Waals surface area contributed by atoms with Crippen molar-refractivity contribution in [1.82, 2.24) is 15.3 Å². The standard InChI is InChI=1S/C18H14Cl3N5O4/c1-9(27)22-2-3-30-17-7-14-10(4-16(17)26(28)29)18(24-8-23-14)25-15-6-12(20)11(19)5-13(15)21/h4-8H,2-3H2,1H3,(H,22,27)(H,23,24,25). The van der Waals surface area contributed by atoms with Crippen molar-refractivity contribution in [3.05, 3.63) is 55.8 Å². The summed E-state index contributed by atoms with van der Waals surface area (Å²) < 4.78 is 5.47. The molecule has 0 bridgehead atoms. The molecule has 0 atom stereocenters. The predicted octanol–water partition coefficient (Wildman–Crippen LogP) is 4.76. The number of halogens is 3. The van der Waals surface area contributed by atoms with E-state index in [0.717, 1.165) is 0 Å². The van der Waals surface area contributed by atoms with Crippen molar-refractivity contribution in [3.63, 3.8) is 0 Å². The zero-order chi connectivity index (χ0) is 21.8. The molecule has 3 rings (SSSR count). The Hall–Kier alpha value is -2.88. The van der Waals surface area contributed by atoms with E-state index in [-0.39, 0.29) is 46.4 Å². The quantitative estimate of drug-likeness (QED) is 0.221. The lowest BCUT2D eigenvalue weighted by atomic mass is 10.2. The number of benzene rings is 2. The lowest BCUT2D eigenvalue weighted by Crippen LogP contribution is -2.25. The number of ether oxygens (including phenoxy) is 1. The van der Waals surface area contributed by atoms with Crippen LogP contribution in [-0.2, 0) is 4.79 Å². The third-order valence-electron chi connectivity index (χ3n) is 3.91. The number of nitrogens with zero attached hydrogens (tertiary/aromatic N) is 3. The molecule has 0 fully saturated rings. The molecular formula is C18H14Cl3N5O4. The molecule has 3 aromatic rings. The Kier molecular flexibility index (Phi) is 6.76. The maximum Gasteiger partial charge on any atom is 0.311 e. The van der Waals surface area contributed by atoms with Crippen LogP contribution in [0.1, 0.15) is 6.92 Å². The fraction of sp³-hybridized carbons (Fsp3) is 0.167. The molecule has 0 radical (unpaired) electrons. The highest BCUT2D eigenvalue weighted by molar-refractivity contribution is 6.44. The second-order valence-electron chi connectivity index (χ2n) is 6.02. The number of aromatic nitrogens is 2. The van der Waals surface area contributed by atoms with E-state index in [4.69, 9.17) is 39.5 Å². The Labute approximate surface area is 185 Å². The number of nitrogens with one attached hydrogen (secondary N) is 2. The Morgan fingerprint density at radius 2 is 1.87 bits per heavy atom. The van der Waals surface area contributed by atoms with Gasteiger partial charge in [-0.15, -0.1) is 0 Å². The molecule has 0 saturated carbocycles. The average molecular weight is 471 g/mol. The molecule has 12 heteroatoms. The first-order valence-corrected chi connectivity index (χ1v) is 9.61. The Morgan fingerprint density at radius 3 is 2.57 bits per heavy atom. The number of fused-ring (bicyclic) bond motifs is 1. The number of hydrogen-bond donors (Lipinski definition) is 2. The highest BCUT2D eigenvalue weighted by atomic mass is 35.5. The number of amides is 1. The van der Waals surface area contributed by atoms with Gasteiger partial charge in [0.25, 0.3) is 0 Å². The van der Waals surface area contributed by atoms with Crippen molar-refractivity contribution in [1.29, 1.82) is 0 Å². The van der Waals surface area contributed by atoms with Gasteiger partial charge in [0, 0.05) is 19.1 Å². The molecule has 1 amide bonds. The normalized spacial score (nSPS) is 10.7. The maximum absolute atomic E-state index is 11.6. The van der Waals surface area contributed by atoms with Crippen molar-refractivity contribution < 1.29 is 14.5 Å². The summed E-state index contributed by atoms with van der Waals surface area (Å²) in [5.74, 6) is 0.0827. The Balaban J connectivity index is 1.98. The van der Waals surface area contributed by atoms with Gasteiger partial charge >= 0.3 is 5.69 Å². The van der Waals surface area contributed by atoms with Crippen LogP contribution in [0.4, 0.5) is 17.2 Å². The number of carbonyl (C=O) groups is 1. The molecule has 2 aromatic carbocycles. The van der Waals surface area contributed by atoms with Crippen molar-refractivity contribution in [2.45, 2.75) is 6.92 Å². The summed E-state index contributed by atoms with van der Waals surface area (Å²) in [5, 5.41) is 18.3. The van der Waals surface area contributed by atoms with Crippen LogP contribution in [0.25, 0.3) is 10.9 Å². The van der Waals surface area contributed by atoms with E-state index in [1.165, 1.54) is 37.5 Å². The zero-order valence-electron chi connectivity index (χ0n) is 15.4. The first kappa shape index (κ1) is 21.8. The molecule has 0 unspecified atom stereocenters. The summed E-state index contributed by atoms with van der Waals surface area (Å²) in [7, 11) is 0. The second kappa shape index (κ2) is 9.29. The van der Waals surface area contributed by atoms with Crippen LogP contribution in [0, 0.1) is 10.1 Å². The number of hydrogen-bond acceptors (Lipinski definition) is 7. The van der Waals surface area contributed by atoms with Gasteiger partial charge in [-0.1, -0.05) is 34.8 Å². The fourth-order valence-electron chi connectivity index (χ4n) is 2.56. The topological polar surface area (TPSA) is 119 Å². The minimum atomic E-state index is -0.573. The molecule has 1 heterocycles. The smallest absolute Gasteiger partial charge is 0.311 e. The highest BCUT2D eigenvalue weighted by Crippen LogP contribution is 2.37. The summed E-state index contributed by atoms with van der Waals surface area (Å²) in [6.07, 6.45) is 1.29. The Morgan fingerprint density at radius 1 is 1.13 bits per heavy atom. The monoisotopic (exact) mass is 469 g/mol. The van der Waals surface area contributed by atoms with Crippen LogP contribution in [0.2, 0.25) is 15.1 Å². The molecule has 0 aliphatic heterocycles. The molecule has 2 N–H and O–H groups in total. The van der Waals surface area contributed by atoms with Gasteiger partial charge in [0.2, 0.25) is 5.91 Å². The van der Waals surface area contributed by atoms with Crippen LogP contribution in [0.15, 0.2) is 30.6 Å². The predicted molar refractivity (Wildman–Crippen MR) is 115 cm³/mol. The molecule has 0 aliphatic rings. The first-order valence-electron chi connectivity index (χ1n) is 8.48. The van der Waals surface area contributed by atoms with Gasteiger partial charge in [0.05, 0.1) is 43.1 Å². The van der Waals surface area contributed by atoms with E-state index in [1.54, 1.807) is 0 Å². The van der Waals surface area contributed by atoms with Crippen LogP contribution >= 0.6 is 34.8 Å². The lowest BCUT2D eigenvalue weighted by Gasteiger charge is -2.12. The van der Waals surface area contributed by atoms with Gasteiger partial charge in [-0.3, -0.25) is 14.9 Å². The van der Waals surface area contributed by atoms with Gasteiger partial charge in [0.15, 0.2) is 5.75 Å². The molecule has 1 aromatic heterocycles. The number of rotatable bonds is 7. The second-order valence-corrected chi connectivity index (χ2v) is 7.24. The van der Waals surface area contributed by atoms with Crippen molar-refractivity contribution in [2.24, 2.45) is 0 Å². The number of carbonyl (C=O) groups excluding carboxylic acids is 1. The van der Waals surface area contributed by atoms with E-state index in [2.05, 4.69) is 20.6 Å². The highest BCUT2D eigenvalue weighted by Gasteiger charge is 2.20. The van der Waals surface area contributed by atoms with E-state index in [0.29, 0.717) is 21.6 Å². The van der Waals surface area contributed by atoms with Gasteiger partial charge in [-0.05, 0) is 12.1 Å². The van der Waals surface area contributed by atoms with Crippen LogP contribution in [0.3, 0.4) is 0 Å². The summed E-state index contributed by atoms with van der Waals surface area (Å²) >= 11 is 18.2. The molecule has 0 aliphatic carbocycles. The summed E-state index contributed by atoms with van der Waals surface area (Å²) in [5.41, 5.74) is 0.552. The van der Waals surface area contributed by atoms with Crippen molar-refractivity contribution >= 4 is 68.8 Å². The Bertz CT molecular complexity index is 1140. The molecule has 0 spiro atoms. The molecule has 156 valence electrons. The van der Waals surface area contributed by atoms with E-state index in [9.17, 15) is 14.9 Å². The third-order valence-corrected chi connectivity index (χ3v) is 4.94. The third kappa shape index (κ3) is 4.99. The SMILES string of the molecule is CC(=O)NCCOc1cc2ncnc(Nc3cc(Cl)c(Cl)cc3Cl)c2cc1[N+](=O)[O-]. The zero-order valence-corrected chi connectivity index (χ0v) is 17.7. The fourth-order valence-corrected chi connectivity index (χ4v) is 3.16. The van der Waals surface area contributed by atoms with E-state index in [1.807, 2.05) is 0 Å². The largest absolute Gasteiger partial charge is 0.485 e. The molecule has 0 saturated heterocycles. The average Bonchev–Trinajstić information content (AvgIpc) is 2.68. The molecule has 30 heavy (non-hydrogen) atoms. The van der Waals surface area contributed by atoms with Gasteiger partial charge in [0.1, 0.15) is 18.8 Å². The number of nitro groups is 1. The van der Waals surface area contributed by atoms with Crippen LogP contribution in [-0.4, -0.2) is 34.0 Å². The van der Waals surface area contributed by atoms with Gasteiger partial charge < -0.3 is 15.4 Å². The minimum Gasteiger partial charge on any atom is -0.485 e. The van der Waals surface area contributed by atoms with Crippen molar-refractivity contribution in [2.75, 3.05) is 18.5 Å². The first-order chi connectivity index (χ1) is 14.3. The number of anilines is 2. The number of nitro benzene ring substituents is 1. The van der Waals surface area contributed by atoms with E-state index >= 15 is 0 Å². The molecule has 9 nitrogen and oxygen atoms in total. The minimum absolute atomic E-state index is 0.0232. The van der Waals surface area contributed by atoms with Crippen LogP contribution in [0.5, 0.6) is 5.75 Å². The van der Waals surface area contributed by atoms with Gasteiger partial charge in [-0.2, -0.15) is 0 Å². The van der Waals surface area contributed by atoms with Crippen molar-refractivity contribution in [3.8, 4) is 5.75 Å². The van der Waals surface area contributed by atoms with E-state index < -0.39 is 4.92 Å².